The molecular formula is C17H17F2N7O. The van der Waals surface area contributed by atoms with E-state index in [1.807, 2.05) is 6.07 Å². The molecule has 1 aromatic heterocycles. The summed E-state index contributed by atoms with van der Waals surface area (Å²) in [5.41, 5.74) is 11.0. The molecule has 2 aromatic rings. The molecule has 0 aliphatic carbocycles. The van der Waals surface area contributed by atoms with Gasteiger partial charge in [-0.15, -0.1) is 0 Å². The third kappa shape index (κ3) is 3.55. The molecule has 1 aliphatic rings. The maximum atomic E-state index is 14.0. The van der Waals surface area contributed by atoms with Gasteiger partial charge in [0.15, 0.2) is 0 Å². The summed E-state index contributed by atoms with van der Waals surface area (Å²) in [5, 5.41) is 15.1. The minimum atomic E-state index is -1.01. The number of rotatable bonds is 4. The zero-order valence-electron chi connectivity index (χ0n) is 14.2. The Morgan fingerprint density at radius 3 is 2.81 bits per heavy atom. The van der Waals surface area contributed by atoms with Crippen molar-refractivity contribution in [3.05, 3.63) is 53.0 Å². The molecule has 2 unspecified atom stereocenters. The molecule has 0 spiro atoms. The molecule has 3 rings (SSSR count). The Morgan fingerprint density at radius 2 is 2.19 bits per heavy atom. The van der Waals surface area contributed by atoms with Gasteiger partial charge in [0.1, 0.15) is 35.4 Å². The quantitative estimate of drug-likeness (QED) is 0.606. The molecule has 1 aromatic carbocycles. The summed E-state index contributed by atoms with van der Waals surface area (Å²) in [7, 11) is 0. The first-order valence-electron chi connectivity index (χ1n) is 8.11. The number of carbonyl (C=O) groups is 1. The minimum Gasteiger partial charge on any atom is -0.382 e. The number of nitrogen functional groups attached to an aromatic ring is 1. The molecule has 6 N–H and O–H groups in total. The van der Waals surface area contributed by atoms with Crippen molar-refractivity contribution in [2.24, 2.45) is 5.73 Å². The van der Waals surface area contributed by atoms with E-state index in [-0.39, 0.29) is 22.6 Å². The number of benzene rings is 1. The normalized spacial score (nSPS) is 20.1. The Bertz CT molecular complexity index is 922. The molecule has 27 heavy (non-hydrogen) atoms. The lowest BCUT2D eigenvalue weighted by Crippen LogP contribution is -2.54. The van der Waals surface area contributed by atoms with E-state index in [0.29, 0.717) is 25.6 Å². The lowest BCUT2D eigenvalue weighted by Gasteiger charge is -2.34. The van der Waals surface area contributed by atoms with E-state index in [4.69, 9.17) is 11.5 Å². The molecule has 0 radical (unpaired) electrons. The molecule has 1 aliphatic heterocycles. The Balaban J connectivity index is 2.03. The van der Waals surface area contributed by atoms with Gasteiger partial charge in [0.2, 0.25) is 0 Å². The van der Waals surface area contributed by atoms with Crippen molar-refractivity contribution < 1.29 is 13.6 Å². The van der Waals surface area contributed by atoms with Crippen LogP contribution in [0.25, 0.3) is 0 Å². The van der Waals surface area contributed by atoms with Crippen LogP contribution in [0.3, 0.4) is 0 Å². The molecule has 0 bridgehead atoms. The fourth-order valence-electron chi connectivity index (χ4n) is 3.09. The summed E-state index contributed by atoms with van der Waals surface area (Å²) < 4.78 is 27.1. The summed E-state index contributed by atoms with van der Waals surface area (Å²) in [6.45, 7) is 0.925. The lowest BCUT2D eigenvalue weighted by atomic mass is 9.86. The van der Waals surface area contributed by atoms with Crippen molar-refractivity contribution in [3.63, 3.8) is 0 Å². The zero-order chi connectivity index (χ0) is 19.6. The van der Waals surface area contributed by atoms with Gasteiger partial charge < -0.3 is 22.1 Å². The second-order valence-electron chi connectivity index (χ2n) is 6.32. The Kier molecular flexibility index (Phi) is 4.98. The Labute approximate surface area is 153 Å². The van der Waals surface area contributed by atoms with Gasteiger partial charge in [-0.05, 0) is 25.1 Å². The van der Waals surface area contributed by atoms with Crippen molar-refractivity contribution >= 4 is 11.7 Å². The maximum absolute atomic E-state index is 14.0. The summed E-state index contributed by atoms with van der Waals surface area (Å²) in [5.74, 6) is -2.67. The van der Waals surface area contributed by atoms with Crippen LogP contribution in [0.1, 0.15) is 34.1 Å². The van der Waals surface area contributed by atoms with Crippen LogP contribution in [-0.2, 0) is 0 Å². The predicted molar refractivity (Wildman–Crippen MR) is 92.1 cm³/mol. The third-order valence-electron chi connectivity index (χ3n) is 4.54. The number of anilines is 1. The highest BCUT2D eigenvalue weighted by atomic mass is 19.1. The van der Waals surface area contributed by atoms with Crippen LogP contribution in [-0.4, -0.2) is 34.5 Å². The third-order valence-corrected chi connectivity index (χ3v) is 4.54. The highest BCUT2D eigenvalue weighted by molar-refractivity contribution is 5.94. The van der Waals surface area contributed by atoms with E-state index < -0.39 is 29.1 Å². The minimum absolute atomic E-state index is 0.0147. The van der Waals surface area contributed by atoms with Crippen LogP contribution in [0, 0.1) is 23.0 Å². The molecule has 1 fully saturated rings. The number of hydrogen-bond acceptors (Lipinski definition) is 7. The highest BCUT2D eigenvalue weighted by Crippen LogP contribution is 2.31. The largest absolute Gasteiger partial charge is 0.382 e. The Morgan fingerprint density at radius 1 is 1.41 bits per heavy atom. The van der Waals surface area contributed by atoms with Gasteiger partial charge in [-0.2, -0.15) is 5.26 Å². The first-order chi connectivity index (χ1) is 12.9. The van der Waals surface area contributed by atoms with Crippen LogP contribution >= 0.6 is 0 Å². The fourth-order valence-corrected chi connectivity index (χ4v) is 3.09. The molecule has 10 heteroatoms. The van der Waals surface area contributed by atoms with E-state index in [2.05, 4.69) is 20.6 Å². The number of nitriles is 1. The van der Waals surface area contributed by atoms with Crippen LogP contribution in [0.4, 0.5) is 14.6 Å². The van der Waals surface area contributed by atoms with Gasteiger partial charge in [0.05, 0.1) is 22.8 Å². The van der Waals surface area contributed by atoms with Gasteiger partial charge in [-0.1, -0.05) is 0 Å². The Hall–Kier alpha value is -3.16. The molecule has 2 atom stereocenters. The van der Waals surface area contributed by atoms with Crippen LogP contribution in [0.15, 0.2) is 24.5 Å². The lowest BCUT2D eigenvalue weighted by molar-refractivity contribution is 0.0910. The first-order valence-corrected chi connectivity index (χ1v) is 8.11. The molecule has 1 saturated heterocycles. The van der Waals surface area contributed by atoms with Gasteiger partial charge >= 0.3 is 0 Å². The standard InChI is InChI=1S/C17H17F2N7O/c18-9-1-2-10(12(19)5-9)16(27)26-14(17(22)3-4-23-7-17)13-11(6-20)15(21)25-8-24-13/h1-2,5,8,14,23H,3-4,7,22H2,(H,26,27)(H2,21,24,25). The topological polar surface area (TPSA) is 143 Å². The zero-order valence-corrected chi connectivity index (χ0v) is 14.2. The van der Waals surface area contributed by atoms with Crippen molar-refractivity contribution in [2.75, 3.05) is 18.8 Å². The number of halogens is 2. The first kappa shape index (κ1) is 18.6. The number of nitrogens with one attached hydrogen (secondary N) is 2. The van der Waals surface area contributed by atoms with E-state index in [0.717, 1.165) is 18.5 Å². The average molecular weight is 373 g/mol. The predicted octanol–water partition coefficient (Wildman–Crippen LogP) is 0.371. The summed E-state index contributed by atoms with van der Waals surface area (Å²) in [4.78, 5) is 20.5. The number of hydrogen-bond donors (Lipinski definition) is 4. The van der Waals surface area contributed by atoms with E-state index in [1.165, 1.54) is 0 Å². The number of nitrogens with zero attached hydrogens (tertiary/aromatic N) is 3. The second kappa shape index (κ2) is 7.22. The van der Waals surface area contributed by atoms with Crippen molar-refractivity contribution in [3.8, 4) is 6.07 Å². The van der Waals surface area contributed by atoms with Gasteiger partial charge in [-0.3, -0.25) is 4.79 Å². The molecule has 140 valence electrons. The molecule has 1 amide bonds. The molecule has 0 saturated carbocycles. The summed E-state index contributed by atoms with van der Waals surface area (Å²) in [6, 6.07) is 3.60. The van der Waals surface area contributed by atoms with Crippen LogP contribution < -0.4 is 22.1 Å². The summed E-state index contributed by atoms with van der Waals surface area (Å²) >= 11 is 0. The molecule has 2 heterocycles. The highest BCUT2D eigenvalue weighted by Gasteiger charge is 2.42. The van der Waals surface area contributed by atoms with Crippen molar-refractivity contribution in [1.82, 2.24) is 20.6 Å². The van der Waals surface area contributed by atoms with Crippen molar-refractivity contribution in [1.29, 1.82) is 5.26 Å². The SMILES string of the molecule is N#Cc1c(N)ncnc1C(NC(=O)c1ccc(F)cc1F)C1(N)CCNC1. The number of amides is 1. The van der Waals surface area contributed by atoms with Crippen LogP contribution in [0.2, 0.25) is 0 Å². The fraction of sp³-hybridized carbons (Fsp3) is 0.294. The number of carbonyl (C=O) groups excluding carboxylic acids is 1. The average Bonchev–Trinajstić information content (AvgIpc) is 3.06. The number of aromatic nitrogens is 2. The van der Waals surface area contributed by atoms with E-state index in [9.17, 15) is 18.8 Å². The smallest absolute Gasteiger partial charge is 0.254 e. The van der Waals surface area contributed by atoms with E-state index >= 15 is 0 Å². The van der Waals surface area contributed by atoms with Crippen molar-refractivity contribution in [2.45, 2.75) is 18.0 Å². The van der Waals surface area contributed by atoms with Gasteiger partial charge in [-0.25, -0.2) is 18.7 Å². The van der Waals surface area contributed by atoms with Gasteiger partial charge in [0, 0.05) is 12.6 Å². The molecule has 8 nitrogen and oxygen atoms in total. The van der Waals surface area contributed by atoms with Crippen LogP contribution in [0.5, 0.6) is 0 Å². The van der Waals surface area contributed by atoms with E-state index in [1.54, 1.807) is 0 Å². The number of nitrogens with two attached hydrogens (primary N) is 2. The summed E-state index contributed by atoms with van der Waals surface area (Å²) in [6.07, 6.45) is 1.63. The molecular weight excluding hydrogens is 356 g/mol. The second-order valence-corrected chi connectivity index (χ2v) is 6.32. The monoisotopic (exact) mass is 373 g/mol. The van der Waals surface area contributed by atoms with Gasteiger partial charge in [0.25, 0.3) is 5.91 Å². The maximum Gasteiger partial charge on any atom is 0.254 e.